The molecule has 0 aliphatic heterocycles. The predicted octanol–water partition coefficient (Wildman–Crippen LogP) is 3.37. The molecule has 1 fully saturated rings. The first-order valence-electron chi connectivity index (χ1n) is 8.55. The number of nitrogens with one attached hydrogen (secondary N) is 2. The van der Waals surface area contributed by atoms with Crippen LogP contribution in [0.5, 0.6) is 0 Å². The molecule has 1 saturated carbocycles. The van der Waals surface area contributed by atoms with Crippen molar-refractivity contribution < 1.29 is 9.59 Å². The molecule has 0 atom stereocenters. The van der Waals surface area contributed by atoms with Crippen molar-refractivity contribution >= 4 is 23.6 Å². The molecule has 1 aliphatic rings. The van der Waals surface area contributed by atoms with E-state index < -0.39 is 0 Å². The molecular weight excluding hydrogens is 332 g/mol. The maximum atomic E-state index is 12.0. The zero-order valence-corrected chi connectivity index (χ0v) is 14.9. The lowest BCUT2D eigenvalue weighted by Crippen LogP contribution is -2.32. The smallest absolute Gasteiger partial charge is 0.229 e. The largest absolute Gasteiger partial charge is 0.355 e. The molecule has 0 saturated heterocycles. The average Bonchev–Trinajstić information content (AvgIpc) is 3.45. The standard InChI is InChI=1S/C20H22N2O2S/c23-19(21-13-15-10-11-15)12-20(24)22-14-16-6-4-5-9-18(16)25-17-7-2-1-3-8-17/h1-9,15H,10-14H2,(H,21,23)(H,22,24). The van der Waals surface area contributed by atoms with E-state index in [1.807, 2.05) is 42.5 Å². The van der Waals surface area contributed by atoms with E-state index in [1.54, 1.807) is 11.8 Å². The van der Waals surface area contributed by atoms with Gasteiger partial charge in [-0.05, 0) is 42.5 Å². The van der Waals surface area contributed by atoms with Gasteiger partial charge in [0.2, 0.25) is 11.8 Å². The quantitative estimate of drug-likeness (QED) is 0.715. The van der Waals surface area contributed by atoms with E-state index in [0.29, 0.717) is 19.0 Å². The Morgan fingerprint density at radius 2 is 1.60 bits per heavy atom. The van der Waals surface area contributed by atoms with E-state index in [1.165, 1.54) is 12.8 Å². The highest BCUT2D eigenvalue weighted by Crippen LogP contribution is 2.30. The Kier molecular flexibility index (Phi) is 6.12. The molecule has 0 unspecified atom stereocenters. The van der Waals surface area contributed by atoms with Crippen LogP contribution < -0.4 is 10.6 Å². The van der Waals surface area contributed by atoms with Crippen LogP contribution in [-0.2, 0) is 16.1 Å². The van der Waals surface area contributed by atoms with Crippen LogP contribution in [0.2, 0.25) is 0 Å². The number of hydrogen-bond acceptors (Lipinski definition) is 3. The molecule has 130 valence electrons. The molecule has 0 heterocycles. The first-order chi connectivity index (χ1) is 12.2. The third kappa shape index (κ3) is 5.94. The van der Waals surface area contributed by atoms with Gasteiger partial charge in [0.05, 0.1) is 0 Å². The minimum Gasteiger partial charge on any atom is -0.355 e. The molecule has 4 nitrogen and oxygen atoms in total. The molecule has 0 spiro atoms. The minimum absolute atomic E-state index is 0.110. The van der Waals surface area contributed by atoms with Crippen LogP contribution in [0.3, 0.4) is 0 Å². The number of benzene rings is 2. The number of hydrogen-bond donors (Lipinski definition) is 2. The summed E-state index contributed by atoms with van der Waals surface area (Å²) in [6, 6.07) is 18.1. The first kappa shape index (κ1) is 17.5. The second kappa shape index (κ2) is 8.72. The predicted molar refractivity (Wildman–Crippen MR) is 99.2 cm³/mol. The average molecular weight is 354 g/mol. The number of carbonyl (C=O) groups excluding carboxylic acids is 2. The van der Waals surface area contributed by atoms with Gasteiger partial charge in [-0.2, -0.15) is 0 Å². The number of carbonyl (C=O) groups is 2. The van der Waals surface area contributed by atoms with Crippen molar-refractivity contribution in [2.45, 2.75) is 35.6 Å². The lowest BCUT2D eigenvalue weighted by atomic mass is 10.2. The topological polar surface area (TPSA) is 58.2 Å². The van der Waals surface area contributed by atoms with Crippen molar-refractivity contribution in [3.8, 4) is 0 Å². The molecule has 0 radical (unpaired) electrons. The summed E-state index contributed by atoms with van der Waals surface area (Å²) in [6.45, 7) is 1.12. The molecule has 2 N–H and O–H groups in total. The molecule has 0 bridgehead atoms. The molecule has 1 aliphatic carbocycles. The Labute approximate surface area is 152 Å². The Morgan fingerprint density at radius 1 is 0.920 bits per heavy atom. The van der Waals surface area contributed by atoms with Gasteiger partial charge in [-0.25, -0.2) is 0 Å². The van der Waals surface area contributed by atoms with Gasteiger partial charge in [-0.15, -0.1) is 0 Å². The van der Waals surface area contributed by atoms with Gasteiger partial charge in [-0.3, -0.25) is 9.59 Å². The molecular formula is C20H22N2O2S. The number of rotatable bonds is 8. The van der Waals surface area contributed by atoms with Crippen LogP contribution in [0.25, 0.3) is 0 Å². The van der Waals surface area contributed by atoms with Crippen molar-refractivity contribution in [1.82, 2.24) is 10.6 Å². The highest BCUT2D eigenvalue weighted by molar-refractivity contribution is 7.99. The van der Waals surface area contributed by atoms with Crippen molar-refractivity contribution in [3.63, 3.8) is 0 Å². The van der Waals surface area contributed by atoms with E-state index in [9.17, 15) is 9.59 Å². The van der Waals surface area contributed by atoms with Crippen LogP contribution >= 0.6 is 11.8 Å². The second-order valence-electron chi connectivity index (χ2n) is 6.22. The van der Waals surface area contributed by atoms with E-state index in [4.69, 9.17) is 0 Å². The van der Waals surface area contributed by atoms with Crippen LogP contribution in [0.1, 0.15) is 24.8 Å². The van der Waals surface area contributed by atoms with Crippen molar-refractivity contribution in [1.29, 1.82) is 0 Å². The van der Waals surface area contributed by atoms with E-state index in [-0.39, 0.29) is 18.2 Å². The third-order valence-corrected chi connectivity index (χ3v) is 5.15. The van der Waals surface area contributed by atoms with Crippen molar-refractivity contribution in [2.24, 2.45) is 5.92 Å². The molecule has 3 rings (SSSR count). The Balaban J connectivity index is 1.50. The summed E-state index contributed by atoms with van der Waals surface area (Å²) in [4.78, 5) is 26.0. The third-order valence-electron chi connectivity index (χ3n) is 4.03. The van der Waals surface area contributed by atoms with Crippen LogP contribution in [0.4, 0.5) is 0 Å². The van der Waals surface area contributed by atoms with Gasteiger partial charge in [0.15, 0.2) is 0 Å². The Bertz CT molecular complexity index is 729. The summed E-state index contributed by atoms with van der Waals surface area (Å²) in [5.74, 6) is 0.179. The molecule has 0 aromatic heterocycles. The summed E-state index contributed by atoms with van der Waals surface area (Å²) >= 11 is 1.67. The fraction of sp³-hybridized carbons (Fsp3) is 0.300. The normalized spacial score (nSPS) is 13.3. The number of amides is 2. The minimum atomic E-state index is -0.243. The summed E-state index contributed by atoms with van der Waals surface area (Å²) < 4.78 is 0. The lowest BCUT2D eigenvalue weighted by molar-refractivity contribution is -0.129. The summed E-state index contributed by atoms with van der Waals surface area (Å²) in [6.07, 6.45) is 2.26. The van der Waals surface area contributed by atoms with Crippen molar-refractivity contribution in [2.75, 3.05) is 6.54 Å². The van der Waals surface area contributed by atoms with Gasteiger partial charge in [-0.1, -0.05) is 48.2 Å². The first-order valence-corrected chi connectivity index (χ1v) is 9.36. The SMILES string of the molecule is O=C(CC(=O)NCC1CC1)NCc1ccccc1Sc1ccccc1. The fourth-order valence-corrected chi connectivity index (χ4v) is 3.37. The van der Waals surface area contributed by atoms with Crippen LogP contribution in [-0.4, -0.2) is 18.4 Å². The summed E-state index contributed by atoms with van der Waals surface area (Å²) in [7, 11) is 0. The van der Waals surface area contributed by atoms with Gasteiger partial charge >= 0.3 is 0 Å². The zero-order valence-electron chi connectivity index (χ0n) is 14.0. The maximum absolute atomic E-state index is 12.0. The van der Waals surface area contributed by atoms with E-state index in [2.05, 4.69) is 22.8 Å². The fourth-order valence-electron chi connectivity index (χ4n) is 2.41. The van der Waals surface area contributed by atoms with Gasteiger partial charge in [0.1, 0.15) is 6.42 Å². The van der Waals surface area contributed by atoms with E-state index in [0.717, 1.165) is 15.4 Å². The molecule has 5 heteroatoms. The highest BCUT2D eigenvalue weighted by Gasteiger charge is 2.22. The van der Waals surface area contributed by atoms with Crippen molar-refractivity contribution in [3.05, 3.63) is 60.2 Å². The lowest BCUT2D eigenvalue weighted by Gasteiger charge is -2.10. The van der Waals surface area contributed by atoms with E-state index >= 15 is 0 Å². The molecule has 2 amide bonds. The highest BCUT2D eigenvalue weighted by atomic mass is 32.2. The Hall–Kier alpha value is -2.27. The zero-order chi connectivity index (χ0) is 17.5. The van der Waals surface area contributed by atoms with Crippen LogP contribution in [0, 0.1) is 5.92 Å². The van der Waals surface area contributed by atoms with Gasteiger partial charge < -0.3 is 10.6 Å². The summed E-state index contributed by atoms with van der Waals surface area (Å²) in [5.41, 5.74) is 1.04. The molecule has 2 aromatic rings. The second-order valence-corrected chi connectivity index (χ2v) is 7.34. The molecule has 2 aromatic carbocycles. The molecule has 25 heavy (non-hydrogen) atoms. The summed E-state index contributed by atoms with van der Waals surface area (Å²) in [5, 5.41) is 5.66. The monoisotopic (exact) mass is 354 g/mol. The van der Waals surface area contributed by atoms with Gasteiger partial charge in [0.25, 0.3) is 0 Å². The Morgan fingerprint density at radius 3 is 2.36 bits per heavy atom. The van der Waals surface area contributed by atoms with Gasteiger partial charge in [0, 0.05) is 22.9 Å². The van der Waals surface area contributed by atoms with Crippen LogP contribution in [0.15, 0.2) is 64.4 Å². The maximum Gasteiger partial charge on any atom is 0.229 e.